The van der Waals surface area contributed by atoms with Crippen LogP contribution in [0.2, 0.25) is 5.02 Å². The van der Waals surface area contributed by atoms with Gasteiger partial charge in [-0.15, -0.1) is 11.3 Å². The van der Waals surface area contributed by atoms with Gasteiger partial charge in [-0.3, -0.25) is 0 Å². The second kappa shape index (κ2) is 6.25. The number of halogens is 2. The summed E-state index contributed by atoms with van der Waals surface area (Å²) in [5.74, 6) is -0.398. The Bertz CT molecular complexity index is 758. The normalized spacial score (nSPS) is 16.6. The monoisotopic (exact) mass is 361 g/mol. The van der Waals surface area contributed by atoms with E-state index in [2.05, 4.69) is 0 Å². The van der Waals surface area contributed by atoms with E-state index >= 15 is 0 Å². The molecule has 4 nitrogen and oxygen atoms in total. The molecule has 1 aliphatic heterocycles. The molecule has 0 saturated carbocycles. The minimum Gasteiger partial charge on any atom is -0.371 e. The van der Waals surface area contributed by atoms with Crippen molar-refractivity contribution in [3.05, 3.63) is 52.1 Å². The fraction of sp³-hybridized carbons (Fsp3) is 0.286. The summed E-state index contributed by atoms with van der Waals surface area (Å²) in [7, 11) is -3.39. The van der Waals surface area contributed by atoms with Crippen molar-refractivity contribution < 1.29 is 17.5 Å². The van der Waals surface area contributed by atoms with Gasteiger partial charge in [-0.05, 0) is 29.1 Å². The van der Waals surface area contributed by atoms with Gasteiger partial charge in [0.15, 0.2) is 0 Å². The molecule has 0 spiro atoms. The third-order valence-corrected chi connectivity index (χ3v) is 6.95. The van der Waals surface area contributed by atoms with Crippen LogP contribution < -0.4 is 0 Å². The molecule has 1 aliphatic rings. The Morgan fingerprint density at radius 3 is 2.77 bits per heavy atom. The molecule has 2 heterocycles. The first-order valence-electron chi connectivity index (χ1n) is 6.56. The number of hydrogen-bond donors (Lipinski definition) is 0. The van der Waals surface area contributed by atoms with Crippen molar-refractivity contribution in [2.24, 2.45) is 0 Å². The molecule has 0 radical (unpaired) electrons. The molecule has 0 N–H and O–H groups in total. The van der Waals surface area contributed by atoms with E-state index in [1.165, 1.54) is 27.8 Å². The topological polar surface area (TPSA) is 46.6 Å². The second-order valence-corrected chi connectivity index (χ2v) is 8.44. The maximum absolute atomic E-state index is 12.9. The van der Waals surface area contributed by atoms with E-state index in [-0.39, 0.29) is 12.7 Å². The highest BCUT2D eigenvalue weighted by Gasteiger charge is 2.37. The Morgan fingerprint density at radius 2 is 2.14 bits per heavy atom. The van der Waals surface area contributed by atoms with Crippen LogP contribution in [0.3, 0.4) is 0 Å². The summed E-state index contributed by atoms with van der Waals surface area (Å²) >= 11 is 7.12. The highest BCUT2D eigenvalue weighted by atomic mass is 35.5. The van der Waals surface area contributed by atoms with E-state index < -0.39 is 15.8 Å². The zero-order chi connectivity index (χ0) is 15.7. The summed E-state index contributed by atoms with van der Waals surface area (Å²) in [6, 6.07) is 7.41. The summed E-state index contributed by atoms with van der Waals surface area (Å²) in [4.78, 5) is 0. The van der Waals surface area contributed by atoms with Crippen molar-refractivity contribution in [3.8, 4) is 0 Å². The molecule has 0 aliphatic carbocycles. The number of ether oxygens (including phenoxy) is 1. The summed E-state index contributed by atoms with van der Waals surface area (Å²) in [6.45, 7) is 0.870. The third kappa shape index (κ3) is 3.18. The average Bonchev–Trinajstić information content (AvgIpc) is 2.93. The molecular weight excluding hydrogens is 349 g/mol. The van der Waals surface area contributed by atoms with Crippen LogP contribution in [-0.2, 0) is 21.4 Å². The molecule has 1 fully saturated rings. The van der Waals surface area contributed by atoms with Gasteiger partial charge in [0.2, 0.25) is 0 Å². The van der Waals surface area contributed by atoms with Crippen LogP contribution in [0.25, 0.3) is 0 Å². The fourth-order valence-electron chi connectivity index (χ4n) is 2.09. The van der Waals surface area contributed by atoms with Gasteiger partial charge < -0.3 is 4.74 Å². The number of thiophene rings is 1. The second-order valence-electron chi connectivity index (χ2n) is 4.92. The lowest BCUT2D eigenvalue weighted by atomic mass is 10.2. The van der Waals surface area contributed by atoms with E-state index in [1.54, 1.807) is 23.6 Å². The van der Waals surface area contributed by atoms with Gasteiger partial charge in [-0.1, -0.05) is 23.7 Å². The SMILES string of the molecule is O=S(=O)(c1cccs1)N1CC(OCc2ccc(F)cc2Cl)C1. The minimum atomic E-state index is -3.39. The summed E-state index contributed by atoms with van der Waals surface area (Å²) in [6.07, 6.45) is -0.171. The highest BCUT2D eigenvalue weighted by Crippen LogP contribution is 2.27. The Kier molecular flexibility index (Phi) is 4.52. The Balaban J connectivity index is 1.54. The highest BCUT2D eigenvalue weighted by molar-refractivity contribution is 7.91. The van der Waals surface area contributed by atoms with E-state index in [0.717, 1.165) is 0 Å². The molecule has 22 heavy (non-hydrogen) atoms. The molecule has 3 rings (SSSR count). The number of sulfonamides is 1. The molecule has 1 aromatic carbocycles. The summed E-state index contributed by atoms with van der Waals surface area (Å²) in [5.41, 5.74) is 0.683. The van der Waals surface area contributed by atoms with Gasteiger partial charge in [0.05, 0.1) is 12.7 Å². The van der Waals surface area contributed by atoms with Crippen LogP contribution in [0.5, 0.6) is 0 Å². The van der Waals surface area contributed by atoms with Crippen LogP contribution in [0.1, 0.15) is 5.56 Å². The number of benzene rings is 1. The average molecular weight is 362 g/mol. The minimum absolute atomic E-state index is 0.171. The van der Waals surface area contributed by atoms with Crippen LogP contribution in [0.15, 0.2) is 39.9 Å². The zero-order valence-corrected chi connectivity index (χ0v) is 13.8. The Hall–Kier alpha value is -0.990. The van der Waals surface area contributed by atoms with Crippen molar-refractivity contribution in [3.63, 3.8) is 0 Å². The largest absolute Gasteiger partial charge is 0.371 e. The number of hydrogen-bond acceptors (Lipinski definition) is 4. The van der Waals surface area contributed by atoms with Gasteiger partial charge in [-0.2, -0.15) is 4.31 Å². The third-order valence-electron chi connectivity index (χ3n) is 3.39. The van der Waals surface area contributed by atoms with Crippen molar-refractivity contribution in [2.75, 3.05) is 13.1 Å². The number of rotatable bonds is 5. The first kappa shape index (κ1) is 15.9. The summed E-state index contributed by atoms with van der Waals surface area (Å²) < 4.78 is 44.7. The summed E-state index contributed by atoms with van der Waals surface area (Å²) in [5, 5.41) is 2.04. The lowest BCUT2D eigenvalue weighted by Gasteiger charge is -2.37. The number of nitrogens with zero attached hydrogens (tertiary/aromatic N) is 1. The van der Waals surface area contributed by atoms with Crippen molar-refractivity contribution in [1.82, 2.24) is 4.31 Å². The molecular formula is C14H13ClFNO3S2. The van der Waals surface area contributed by atoms with Gasteiger partial charge in [-0.25, -0.2) is 12.8 Å². The molecule has 0 unspecified atom stereocenters. The predicted octanol–water partition coefficient (Wildman–Crippen LogP) is 3.13. The van der Waals surface area contributed by atoms with Crippen LogP contribution in [0, 0.1) is 5.82 Å². The maximum Gasteiger partial charge on any atom is 0.252 e. The fourth-order valence-corrected chi connectivity index (χ4v) is 4.96. The molecule has 0 bridgehead atoms. The van der Waals surface area contributed by atoms with Gasteiger partial charge >= 0.3 is 0 Å². The van der Waals surface area contributed by atoms with Crippen LogP contribution >= 0.6 is 22.9 Å². The van der Waals surface area contributed by atoms with E-state index in [4.69, 9.17) is 16.3 Å². The molecule has 0 atom stereocenters. The van der Waals surface area contributed by atoms with Gasteiger partial charge in [0, 0.05) is 18.1 Å². The lowest BCUT2D eigenvalue weighted by molar-refractivity contribution is -0.0295. The zero-order valence-electron chi connectivity index (χ0n) is 11.4. The molecule has 0 amide bonds. The predicted molar refractivity (Wildman–Crippen MR) is 83.1 cm³/mol. The first-order valence-corrected chi connectivity index (χ1v) is 9.26. The quantitative estimate of drug-likeness (QED) is 0.822. The standard InChI is InChI=1S/C14H13ClFNO3S2/c15-13-6-11(16)4-3-10(13)9-20-12-7-17(8-12)22(18,19)14-2-1-5-21-14/h1-6,12H,7-9H2. The van der Waals surface area contributed by atoms with Crippen LogP contribution in [-0.4, -0.2) is 31.9 Å². The Morgan fingerprint density at radius 1 is 1.36 bits per heavy atom. The van der Waals surface area contributed by atoms with Crippen molar-refractivity contribution in [2.45, 2.75) is 16.9 Å². The van der Waals surface area contributed by atoms with Crippen LogP contribution in [0.4, 0.5) is 4.39 Å². The Labute approximate surface area is 137 Å². The first-order chi connectivity index (χ1) is 10.5. The van der Waals surface area contributed by atoms with Gasteiger partial charge in [0.25, 0.3) is 10.0 Å². The van der Waals surface area contributed by atoms with E-state index in [1.807, 2.05) is 0 Å². The lowest BCUT2D eigenvalue weighted by Crippen LogP contribution is -2.54. The van der Waals surface area contributed by atoms with Crippen molar-refractivity contribution >= 4 is 33.0 Å². The molecule has 1 aromatic heterocycles. The molecule has 8 heteroatoms. The maximum atomic E-state index is 12.9. The van der Waals surface area contributed by atoms with E-state index in [9.17, 15) is 12.8 Å². The smallest absolute Gasteiger partial charge is 0.252 e. The van der Waals surface area contributed by atoms with E-state index in [0.29, 0.717) is 27.9 Å². The van der Waals surface area contributed by atoms with Crippen molar-refractivity contribution in [1.29, 1.82) is 0 Å². The molecule has 118 valence electrons. The molecule has 2 aromatic rings. The van der Waals surface area contributed by atoms with Gasteiger partial charge in [0.1, 0.15) is 10.0 Å². The molecule has 1 saturated heterocycles.